The molecule has 32 nitrogen and oxygen atoms in total. The van der Waals surface area contributed by atoms with Gasteiger partial charge < -0.3 is 61.3 Å². The Balaban J connectivity index is 1.43. The molecule has 10 N–H and O–H groups in total. The molecule has 0 aliphatic carbocycles. The Bertz CT molecular complexity index is 3700. The topological polar surface area (TPSA) is 485 Å². The maximum absolute atomic E-state index is 13.7. The summed E-state index contributed by atoms with van der Waals surface area (Å²) in [5.74, 6) is -16.8. The van der Waals surface area contributed by atoms with Gasteiger partial charge in [0.05, 0.1) is 62.2 Å². The molecule has 0 bridgehead atoms. The van der Waals surface area contributed by atoms with E-state index in [0.29, 0.717) is 33.4 Å². The zero-order chi connectivity index (χ0) is 61.5. The molecule has 0 saturated heterocycles. The number of aromatic carboxylic acids is 6. The van der Waals surface area contributed by atoms with Crippen LogP contribution in [0.4, 0.5) is 28.4 Å². The average molecular weight is 1130 g/mol. The molecule has 0 spiro atoms. The molecule has 0 atom stereocenters. The van der Waals surface area contributed by atoms with Crippen LogP contribution in [0.5, 0.6) is 11.8 Å². The molecule has 0 unspecified atom stereocenters. The first-order chi connectivity index (χ1) is 38.4. The van der Waals surface area contributed by atoms with E-state index in [1.807, 2.05) is 0 Å². The van der Waals surface area contributed by atoms with E-state index in [1.165, 1.54) is 28.2 Å². The van der Waals surface area contributed by atoms with Gasteiger partial charge in [-0.05, 0) is 55.8 Å². The van der Waals surface area contributed by atoms with Crippen molar-refractivity contribution in [3.8, 4) is 17.8 Å². The van der Waals surface area contributed by atoms with Crippen molar-refractivity contribution >= 4 is 87.9 Å². The van der Waals surface area contributed by atoms with Crippen LogP contribution in [0.25, 0.3) is 4.85 Å². The van der Waals surface area contributed by atoms with Gasteiger partial charge in [0.15, 0.2) is 11.6 Å². The largest absolute Gasteiger partial charge is 0.503 e. The molecule has 0 saturated carbocycles. The summed E-state index contributed by atoms with van der Waals surface area (Å²) >= 11 is 0. The number of aromatic hydroxyl groups is 2. The van der Waals surface area contributed by atoms with Crippen molar-refractivity contribution < 1.29 is 88.8 Å². The summed E-state index contributed by atoms with van der Waals surface area (Å²) in [4.78, 5) is 159. The van der Waals surface area contributed by atoms with Crippen LogP contribution >= 0.6 is 0 Å². The van der Waals surface area contributed by atoms with E-state index < -0.39 is 198 Å². The van der Waals surface area contributed by atoms with E-state index in [0.717, 1.165) is 35.8 Å². The van der Waals surface area contributed by atoms with Crippen LogP contribution in [0.1, 0.15) is 120 Å². The highest BCUT2D eigenvalue weighted by molar-refractivity contribution is 6.12. The van der Waals surface area contributed by atoms with Gasteiger partial charge in [-0.15, -0.1) is 20.5 Å². The second-order valence-corrected chi connectivity index (χ2v) is 17.4. The van der Waals surface area contributed by atoms with Crippen molar-refractivity contribution in [1.82, 2.24) is 29.6 Å². The predicted octanol–water partition coefficient (Wildman–Crippen LogP) is 3.74. The minimum Gasteiger partial charge on any atom is -0.503 e. The van der Waals surface area contributed by atoms with Crippen molar-refractivity contribution in [3.05, 3.63) is 141 Å². The molecule has 4 amide bonds. The van der Waals surface area contributed by atoms with Crippen LogP contribution < -0.4 is 21.8 Å². The fourth-order valence-electron chi connectivity index (χ4n) is 7.68. The smallest absolute Gasteiger partial charge is 0.337 e. The molecule has 0 aliphatic rings. The monoisotopic (exact) mass is 1130 g/mol. The summed E-state index contributed by atoms with van der Waals surface area (Å²) in [5, 5.41) is 111. The molecular weight excluding hydrogens is 1090 g/mol. The molecule has 0 radical (unpaired) electrons. The number of pyridine rings is 2. The molecular formula is C50H42N12O20. The first kappa shape index (κ1) is 60.9. The van der Waals surface area contributed by atoms with Gasteiger partial charge in [0.1, 0.15) is 28.7 Å². The predicted molar refractivity (Wildman–Crippen MR) is 275 cm³/mol. The Kier molecular flexibility index (Phi) is 18.3. The number of hydrogen-bond donors (Lipinski definition) is 10. The number of nitriles is 1. The number of nitrogens with zero attached hydrogens (tertiary/aromatic N) is 10. The van der Waals surface area contributed by atoms with E-state index in [-0.39, 0.29) is 11.1 Å². The zero-order valence-corrected chi connectivity index (χ0v) is 43.2. The van der Waals surface area contributed by atoms with Gasteiger partial charge in [-0.25, -0.2) is 33.6 Å². The summed E-state index contributed by atoms with van der Waals surface area (Å²) in [6, 6.07) is 5.55. The van der Waals surface area contributed by atoms with Gasteiger partial charge in [0.2, 0.25) is 11.6 Å². The minimum atomic E-state index is -1.88. The first-order valence-corrected chi connectivity index (χ1v) is 22.9. The van der Waals surface area contributed by atoms with Crippen LogP contribution in [-0.4, -0.2) is 161 Å². The molecule has 0 fully saturated rings. The van der Waals surface area contributed by atoms with Crippen molar-refractivity contribution in [1.29, 1.82) is 5.26 Å². The number of azo groups is 2. The number of hydrogen-bond acceptors (Lipinski definition) is 19. The minimum absolute atomic E-state index is 0.297. The third-order valence-corrected chi connectivity index (χ3v) is 11.8. The fraction of sp³-hybridized carbons (Fsp3) is 0.200. The van der Waals surface area contributed by atoms with E-state index in [4.69, 9.17) is 6.57 Å². The van der Waals surface area contributed by atoms with Gasteiger partial charge in [-0.1, -0.05) is 0 Å². The van der Waals surface area contributed by atoms with Crippen molar-refractivity contribution in [2.45, 2.75) is 26.9 Å². The standard InChI is InChI=1S/C50H42N12O20/c1-19-31(18-51)41(67)61(43(69)35(19)57-55-32-16-27(47(75)76)23(39(65)59(4)5)14-29(32)49(79)80)10-8-53-37(63)21-12-26(46(73)74)22(13-25(21)45(71)72)38(64)54-9-11-62-42(68)34(52-3)20(2)36(44(62)70)58-56-33-17-28(48(77)78)24(40(66)60(6)7)15-30(33)50(81)82/h12-17,67-68H,8-11H2,1-2,4-7H3,(H,53,63)(H,54,64)(H,71,72)(H,73,74)(H,75,76)(H,77,78)(H,79,80)(H,81,82). The molecule has 422 valence electrons. The van der Waals surface area contributed by atoms with E-state index >= 15 is 0 Å². The van der Waals surface area contributed by atoms with Crippen LogP contribution in [0.2, 0.25) is 0 Å². The third-order valence-electron chi connectivity index (χ3n) is 11.8. The molecule has 0 aliphatic heterocycles. The number of carbonyl (C=O) groups is 10. The van der Waals surface area contributed by atoms with Gasteiger partial charge in [-0.2, -0.15) is 5.26 Å². The van der Waals surface area contributed by atoms with Crippen LogP contribution in [-0.2, 0) is 13.1 Å². The molecule has 2 aromatic heterocycles. The highest BCUT2D eigenvalue weighted by Crippen LogP contribution is 2.36. The molecule has 32 heteroatoms. The quantitative estimate of drug-likeness (QED) is 0.0392. The summed E-state index contributed by atoms with van der Waals surface area (Å²) in [6.07, 6.45) is 0. The fourth-order valence-corrected chi connectivity index (χ4v) is 7.68. The normalized spacial score (nSPS) is 10.9. The van der Waals surface area contributed by atoms with E-state index in [1.54, 1.807) is 6.07 Å². The molecule has 5 aromatic rings. The number of nitrogens with one attached hydrogen (secondary N) is 2. The molecule has 2 heterocycles. The summed E-state index contributed by atoms with van der Waals surface area (Å²) in [6.45, 7) is 7.06. The summed E-state index contributed by atoms with van der Waals surface area (Å²) in [7, 11) is 5.12. The van der Waals surface area contributed by atoms with Crippen LogP contribution in [0.3, 0.4) is 0 Å². The van der Waals surface area contributed by atoms with Gasteiger partial charge in [0.25, 0.3) is 34.7 Å². The van der Waals surface area contributed by atoms with E-state index in [2.05, 4.69) is 35.9 Å². The lowest BCUT2D eigenvalue weighted by atomic mass is 9.97. The van der Waals surface area contributed by atoms with Crippen molar-refractivity contribution in [3.63, 3.8) is 0 Å². The zero-order valence-electron chi connectivity index (χ0n) is 43.2. The lowest BCUT2D eigenvalue weighted by Gasteiger charge is -2.16. The Morgan fingerprint density at radius 1 is 0.524 bits per heavy atom. The highest BCUT2D eigenvalue weighted by Gasteiger charge is 2.29. The Morgan fingerprint density at radius 3 is 1.18 bits per heavy atom. The van der Waals surface area contributed by atoms with Crippen LogP contribution in [0, 0.1) is 31.8 Å². The van der Waals surface area contributed by atoms with Crippen LogP contribution in [0.15, 0.2) is 66.4 Å². The summed E-state index contributed by atoms with van der Waals surface area (Å²) in [5.41, 5.74) is -14.4. The van der Waals surface area contributed by atoms with Crippen molar-refractivity contribution in [2.24, 2.45) is 20.5 Å². The SMILES string of the molecule is [C-]#[N+]c1c(C)c(N=Nc2cc(C(=O)O)c(C(=O)N(C)C)cc2C(=O)O)c(=O)n(CCNC(=O)c2cc(C(=O)O)c(C(=O)NCCn3c(O)c(C#N)c(C)c(N=Nc4cc(C(=O)O)c(C(=O)N(C)C)cc4C(=O)O)c3=O)cc2C(=O)O)c1O. The number of aromatic nitrogens is 2. The lowest BCUT2D eigenvalue weighted by molar-refractivity contribution is 0.0675. The first-order valence-electron chi connectivity index (χ1n) is 22.9. The number of carbonyl (C=O) groups excluding carboxylic acids is 4. The lowest BCUT2D eigenvalue weighted by Crippen LogP contribution is -2.34. The van der Waals surface area contributed by atoms with E-state index in [9.17, 15) is 104 Å². The van der Waals surface area contributed by atoms with Gasteiger partial charge >= 0.3 is 35.8 Å². The van der Waals surface area contributed by atoms with Gasteiger partial charge in [-0.3, -0.25) is 37.9 Å². The maximum atomic E-state index is 13.7. The third kappa shape index (κ3) is 12.2. The Labute approximate surface area is 457 Å². The molecule has 5 rings (SSSR count). The Hall–Kier alpha value is -12.0. The average Bonchev–Trinajstić information content (AvgIpc) is 3.48. The number of carboxylic acids is 6. The van der Waals surface area contributed by atoms with Gasteiger partial charge in [0, 0.05) is 59.9 Å². The number of carboxylic acid groups (broad SMARTS) is 6. The molecule has 82 heavy (non-hydrogen) atoms. The number of amides is 4. The molecule has 3 aromatic carbocycles. The number of benzene rings is 3. The second-order valence-electron chi connectivity index (χ2n) is 17.4. The second kappa shape index (κ2) is 24.6. The Morgan fingerprint density at radius 2 is 0.854 bits per heavy atom. The highest BCUT2D eigenvalue weighted by atomic mass is 16.4. The summed E-state index contributed by atoms with van der Waals surface area (Å²) < 4.78 is 1.00. The number of rotatable bonds is 20. The maximum Gasteiger partial charge on any atom is 0.337 e. The van der Waals surface area contributed by atoms with Crippen molar-refractivity contribution in [2.75, 3.05) is 41.3 Å².